The van der Waals surface area contributed by atoms with E-state index in [2.05, 4.69) is 60.1 Å². The summed E-state index contributed by atoms with van der Waals surface area (Å²) in [5.74, 6) is 0.841. The summed E-state index contributed by atoms with van der Waals surface area (Å²) < 4.78 is 0. The quantitative estimate of drug-likeness (QED) is 0.498. The van der Waals surface area contributed by atoms with Crippen molar-refractivity contribution in [2.24, 2.45) is 0 Å². The molecular weight excluding hydrogens is 270 g/mol. The second-order valence-corrected chi connectivity index (χ2v) is 5.62. The Balaban J connectivity index is 1.90. The molecule has 1 heterocycles. The maximum atomic E-state index is 5.52. The van der Waals surface area contributed by atoms with Crippen LogP contribution in [0.4, 0.5) is 0 Å². The van der Waals surface area contributed by atoms with Gasteiger partial charge in [0.1, 0.15) is 0 Å². The Morgan fingerprint density at radius 3 is 2.00 bits per heavy atom. The zero-order chi connectivity index (χ0) is 14.5. The number of hydrogen-bond donors (Lipinski definition) is 1. The van der Waals surface area contributed by atoms with Crippen molar-refractivity contribution >= 4 is 38.1 Å². The average Bonchev–Trinajstić information content (AvgIpc) is 2.60. The van der Waals surface area contributed by atoms with Gasteiger partial charge < -0.3 is 4.84 Å². The van der Waals surface area contributed by atoms with Crippen molar-refractivity contribution < 1.29 is 4.84 Å². The molecule has 0 spiro atoms. The molecule has 0 saturated carbocycles. The third-order valence-electron chi connectivity index (χ3n) is 4.33. The molecule has 2 heteroatoms. The van der Waals surface area contributed by atoms with E-state index in [0.29, 0.717) is 0 Å². The Bertz CT molecular complexity index is 1010. The molecule has 0 bridgehead atoms. The molecule has 22 heavy (non-hydrogen) atoms. The summed E-state index contributed by atoms with van der Waals surface area (Å²) in [6.45, 7) is 0. The molecule has 0 atom stereocenters. The van der Waals surface area contributed by atoms with Crippen molar-refractivity contribution in [2.75, 3.05) is 0 Å². The normalized spacial score (nSPS) is 14.3. The summed E-state index contributed by atoms with van der Waals surface area (Å²) in [6.07, 6.45) is 5.70. The summed E-state index contributed by atoms with van der Waals surface area (Å²) in [5.41, 5.74) is 3.88. The highest BCUT2D eigenvalue weighted by Gasteiger charge is 2.12. The van der Waals surface area contributed by atoms with E-state index in [9.17, 15) is 0 Å². The molecule has 0 aliphatic carbocycles. The fourth-order valence-corrected chi connectivity index (χ4v) is 3.36. The highest BCUT2D eigenvalue weighted by molar-refractivity contribution is 6.23. The van der Waals surface area contributed by atoms with E-state index in [-0.39, 0.29) is 0 Å². The zero-order valence-electron chi connectivity index (χ0n) is 11.8. The lowest BCUT2D eigenvalue weighted by Gasteiger charge is -2.15. The van der Waals surface area contributed by atoms with Crippen LogP contribution in [0.1, 0.15) is 5.56 Å². The van der Waals surface area contributed by atoms with Crippen LogP contribution in [0.15, 0.2) is 72.9 Å². The van der Waals surface area contributed by atoms with E-state index in [0.717, 1.165) is 11.3 Å². The minimum absolute atomic E-state index is 0.841. The van der Waals surface area contributed by atoms with Crippen LogP contribution in [-0.2, 0) is 4.84 Å². The van der Waals surface area contributed by atoms with Crippen LogP contribution in [-0.4, -0.2) is 0 Å². The van der Waals surface area contributed by atoms with Gasteiger partial charge in [-0.05, 0) is 56.6 Å². The maximum Gasteiger partial charge on any atom is 0.162 e. The molecular formula is C20H13NO. The van der Waals surface area contributed by atoms with Crippen molar-refractivity contribution in [2.45, 2.75) is 0 Å². The number of nitrogens with one attached hydrogen (secondary N) is 1. The SMILES string of the molecule is C1=CNOC(c2cc3ccc4cccc5ccc(c2)c3c45)=C1. The van der Waals surface area contributed by atoms with Crippen LogP contribution in [0.2, 0.25) is 0 Å². The van der Waals surface area contributed by atoms with Gasteiger partial charge in [-0.15, -0.1) is 0 Å². The number of hydrogen-bond acceptors (Lipinski definition) is 2. The van der Waals surface area contributed by atoms with Crippen molar-refractivity contribution in [3.63, 3.8) is 0 Å². The van der Waals surface area contributed by atoms with Crippen LogP contribution < -0.4 is 5.48 Å². The van der Waals surface area contributed by atoms with E-state index >= 15 is 0 Å². The standard InChI is InChI=1S/C20H13NO/c1-3-13-6-8-15-11-17(18-5-2-10-21-22-18)12-16-9-7-14(4-1)19(13)20(15)16/h1-12,21H. The lowest BCUT2D eigenvalue weighted by molar-refractivity contribution is 0.198. The van der Waals surface area contributed by atoms with Crippen LogP contribution in [0.5, 0.6) is 0 Å². The van der Waals surface area contributed by atoms with Gasteiger partial charge in [0.25, 0.3) is 0 Å². The molecule has 0 unspecified atom stereocenters. The first-order valence-corrected chi connectivity index (χ1v) is 7.37. The van der Waals surface area contributed by atoms with Crippen molar-refractivity contribution in [3.05, 3.63) is 78.5 Å². The van der Waals surface area contributed by atoms with E-state index in [1.807, 2.05) is 12.2 Å². The molecule has 2 nitrogen and oxygen atoms in total. The van der Waals surface area contributed by atoms with Gasteiger partial charge in [-0.1, -0.05) is 42.5 Å². The van der Waals surface area contributed by atoms with E-state index in [1.165, 1.54) is 32.3 Å². The van der Waals surface area contributed by atoms with Gasteiger partial charge in [0, 0.05) is 11.8 Å². The second-order valence-electron chi connectivity index (χ2n) is 5.62. The first kappa shape index (κ1) is 11.6. The lowest BCUT2D eigenvalue weighted by atomic mass is 9.92. The van der Waals surface area contributed by atoms with Crippen molar-refractivity contribution in [1.29, 1.82) is 0 Å². The largest absolute Gasteiger partial charge is 0.382 e. The molecule has 0 aromatic heterocycles. The third kappa shape index (κ3) is 1.55. The van der Waals surface area contributed by atoms with Crippen molar-refractivity contribution in [3.8, 4) is 0 Å². The third-order valence-corrected chi connectivity index (χ3v) is 4.33. The Morgan fingerprint density at radius 2 is 1.36 bits per heavy atom. The lowest BCUT2D eigenvalue weighted by Crippen LogP contribution is -2.08. The topological polar surface area (TPSA) is 21.3 Å². The summed E-state index contributed by atoms with van der Waals surface area (Å²) >= 11 is 0. The van der Waals surface area contributed by atoms with Gasteiger partial charge in [0.2, 0.25) is 0 Å². The molecule has 1 N–H and O–H groups in total. The van der Waals surface area contributed by atoms with Gasteiger partial charge in [0.05, 0.1) is 0 Å². The number of hydroxylamine groups is 1. The summed E-state index contributed by atoms with van der Waals surface area (Å²) in [5, 5.41) is 7.76. The van der Waals surface area contributed by atoms with Crippen LogP contribution in [0.3, 0.4) is 0 Å². The first-order chi connectivity index (χ1) is 10.9. The van der Waals surface area contributed by atoms with Gasteiger partial charge >= 0.3 is 0 Å². The fraction of sp³-hybridized carbons (Fsp3) is 0. The average molecular weight is 283 g/mol. The summed E-state index contributed by atoms with van der Waals surface area (Å²) in [6, 6.07) is 19.6. The maximum absolute atomic E-state index is 5.52. The fourth-order valence-electron chi connectivity index (χ4n) is 3.36. The minimum Gasteiger partial charge on any atom is -0.382 e. The molecule has 0 amide bonds. The molecule has 1 aliphatic rings. The highest BCUT2D eigenvalue weighted by atomic mass is 16.6. The molecule has 4 aromatic rings. The summed E-state index contributed by atoms with van der Waals surface area (Å²) in [4.78, 5) is 5.52. The predicted molar refractivity (Wildman–Crippen MR) is 91.5 cm³/mol. The van der Waals surface area contributed by atoms with Crippen LogP contribution >= 0.6 is 0 Å². The van der Waals surface area contributed by atoms with Crippen molar-refractivity contribution in [1.82, 2.24) is 5.48 Å². The molecule has 0 fully saturated rings. The number of allylic oxidation sites excluding steroid dienone is 2. The predicted octanol–water partition coefficient (Wildman–Crippen LogP) is 4.97. The van der Waals surface area contributed by atoms with Crippen LogP contribution in [0, 0.1) is 0 Å². The van der Waals surface area contributed by atoms with Gasteiger partial charge in [-0.3, -0.25) is 0 Å². The van der Waals surface area contributed by atoms with Gasteiger partial charge in [-0.25, -0.2) is 5.48 Å². The first-order valence-electron chi connectivity index (χ1n) is 7.37. The van der Waals surface area contributed by atoms with Gasteiger partial charge in [0.15, 0.2) is 5.76 Å². The molecule has 104 valence electrons. The van der Waals surface area contributed by atoms with E-state index in [1.54, 1.807) is 6.20 Å². The van der Waals surface area contributed by atoms with E-state index < -0.39 is 0 Å². The Morgan fingerprint density at radius 1 is 0.727 bits per heavy atom. The van der Waals surface area contributed by atoms with Gasteiger partial charge in [-0.2, -0.15) is 0 Å². The summed E-state index contributed by atoms with van der Waals surface area (Å²) in [7, 11) is 0. The molecule has 0 saturated heterocycles. The second kappa shape index (κ2) is 4.25. The minimum atomic E-state index is 0.841. The molecule has 5 rings (SSSR count). The smallest absolute Gasteiger partial charge is 0.162 e. The number of rotatable bonds is 1. The molecule has 0 radical (unpaired) electrons. The van der Waals surface area contributed by atoms with Crippen LogP contribution in [0.25, 0.3) is 38.1 Å². The van der Waals surface area contributed by atoms with E-state index in [4.69, 9.17) is 4.84 Å². The highest BCUT2D eigenvalue weighted by Crippen LogP contribution is 2.36. The Hall–Kier alpha value is -3.00. The molecule has 4 aromatic carbocycles. The number of benzene rings is 4. The monoisotopic (exact) mass is 283 g/mol. The Labute approximate surface area is 127 Å². The zero-order valence-corrected chi connectivity index (χ0v) is 11.8. The Kier molecular flexibility index (Phi) is 2.25. The molecule has 1 aliphatic heterocycles.